The second kappa shape index (κ2) is 5.52. The van der Waals surface area contributed by atoms with Gasteiger partial charge in [0, 0.05) is 35.9 Å². The summed E-state index contributed by atoms with van der Waals surface area (Å²) in [5.74, 6) is 0.354. The Bertz CT molecular complexity index is 914. The van der Waals surface area contributed by atoms with Crippen molar-refractivity contribution in [1.82, 2.24) is 15.3 Å². The minimum Gasteiger partial charge on any atom is -0.496 e. The van der Waals surface area contributed by atoms with Gasteiger partial charge in [-0.25, -0.2) is 9.37 Å². The average Bonchev–Trinajstić information content (AvgIpc) is 3.23. The first-order chi connectivity index (χ1) is 11.3. The number of benzene rings is 1. The van der Waals surface area contributed by atoms with Crippen molar-refractivity contribution in [2.24, 2.45) is 0 Å². The number of halogens is 1. The minimum atomic E-state index is -0.288. The van der Waals surface area contributed by atoms with Gasteiger partial charge in [-0.1, -0.05) is 6.08 Å². The number of pyridine rings is 1. The van der Waals surface area contributed by atoms with E-state index in [0.717, 1.165) is 40.9 Å². The van der Waals surface area contributed by atoms with Gasteiger partial charge in [0.25, 0.3) is 0 Å². The largest absolute Gasteiger partial charge is 0.496 e. The van der Waals surface area contributed by atoms with Gasteiger partial charge < -0.3 is 15.0 Å². The van der Waals surface area contributed by atoms with Crippen molar-refractivity contribution in [3.63, 3.8) is 0 Å². The Balaban J connectivity index is 1.92. The Morgan fingerprint density at radius 1 is 1.17 bits per heavy atom. The van der Waals surface area contributed by atoms with Crippen LogP contribution in [0.5, 0.6) is 5.75 Å². The lowest BCUT2D eigenvalue weighted by atomic mass is 10.0. The molecule has 5 heteroatoms. The number of nitrogens with one attached hydrogen (secondary N) is 2. The molecule has 1 aliphatic rings. The first kappa shape index (κ1) is 14.0. The molecule has 0 unspecified atom stereocenters. The van der Waals surface area contributed by atoms with Gasteiger partial charge in [0.05, 0.1) is 7.11 Å². The fourth-order valence-corrected chi connectivity index (χ4v) is 3.01. The number of nitrogens with zero attached hydrogens (tertiary/aromatic N) is 1. The molecular weight excluding hydrogens is 293 g/mol. The number of aromatic nitrogens is 2. The van der Waals surface area contributed by atoms with Crippen LogP contribution < -0.4 is 10.1 Å². The summed E-state index contributed by atoms with van der Waals surface area (Å²) in [5, 5.41) is 4.24. The van der Waals surface area contributed by atoms with Gasteiger partial charge in [0.15, 0.2) is 0 Å². The van der Waals surface area contributed by atoms with E-state index in [1.807, 2.05) is 6.07 Å². The Hall–Kier alpha value is -2.66. The lowest BCUT2D eigenvalue weighted by Crippen LogP contribution is -2.07. The highest BCUT2D eigenvalue weighted by Crippen LogP contribution is 2.36. The number of aromatic amines is 1. The van der Waals surface area contributed by atoms with Gasteiger partial charge in [0.2, 0.25) is 0 Å². The van der Waals surface area contributed by atoms with E-state index in [1.165, 1.54) is 17.7 Å². The molecule has 2 aromatic heterocycles. The van der Waals surface area contributed by atoms with Crippen LogP contribution >= 0.6 is 0 Å². The molecule has 0 bridgehead atoms. The summed E-state index contributed by atoms with van der Waals surface area (Å²) in [7, 11) is 1.59. The van der Waals surface area contributed by atoms with Crippen LogP contribution in [0, 0.1) is 5.82 Å². The summed E-state index contributed by atoms with van der Waals surface area (Å²) in [5.41, 5.74) is 4.68. The number of ether oxygens (including phenoxy) is 1. The third kappa shape index (κ3) is 2.39. The highest BCUT2D eigenvalue weighted by atomic mass is 19.1. The summed E-state index contributed by atoms with van der Waals surface area (Å²) in [6.07, 6.45) is 3.89. The van der Waals surface area contributed by atoms with E-state index in [1.54, 1.807) is 19.4 Å². The molecule has 0 saturated carbocycles. The second-order valence-corrected chi connectivity index (χ2v) is 5.51. The molecule has 2 N–H and O–H groups in total. The smallest absolute Gasteiger partial charge is 0.138 e. The zero-order chi connectivity index (χ0) is 15.8. The van der Waals surface area contributed by atoms with Crippen LogP contribution in [-0.2, 0) is 0 Å². The van der Waals surface area contributed by atoms with Gasteiger partial charge in [-0.05, 0) is 41.5 Å². The Morgan fingerprint density at radius 2 is 2.09 bits per heavy atom. The first-order valence-corrected chi connectivity index (χ1v) is 7.48. The van der Waals surface area contributed by atoms with Crippen LogP contribution in [0.4, 0.5) is 4.39 Å². The molecule has 0 radical (unpaired) electrons. The van der Waals surface area contributed by atoms with Crippen LogP contribution in [-0.4, -0.2) is 30.2 Å². The van der Waals surface area contributed by atoms with Crippen molar-refractivity contribution in [2.75, 3.05) is 20.2 Å². The van der Waals surface area contributed by atoms with Gasteiger partial charge in [-0.15, -0.1) is 0 Å². The van der Waals surface area contributed by atoms with Crippen molar-refractivity contribution in [3.8, 4) is 16.9 Å². The lowest BCUT2D eigenvalue weighted by molar-refractivity contribution is 0.415. The van der Waals surface area contributed by atoms with Crippen LogP contribution in [0.1, 0.15) is 5.69 Å². The van der Waals surface area contributed by atoms with Crippen molar-refractivity contribution < 1.29 is 9.13 Å². The molecule has 4 nitrogen and oxygen atoms in total. The topological polar surface area (TPSA) is 49.9 Å². The number of methoxy groups -OCH3 is 1. The predicted octanol–water partition coefficient (Wildman–Crippen LogP) is 3.36. The number of hydrogen-bond donors (Lipinski definition) is 2. The van der Waals surface area contributed by atoms with E-state index >= 15 is 0 Å². The molecule has 0 saturated heterocycles. The summed E-state index contributed by atoms with van der Waals surface area (Å²) < 4.78 is 19.1. The van der Waals surface area contributed by atoms with E-state index in [4.69, 9.17) is 4.74 Å². The summed E-state index contributed by atoms with van der Waals surface area (Å²) >= 11 is 0. The number of hydrogen-bond acceptors (Lipinski definition) is 3. The van der Waals surface area contributed by atoms with Gasteiger partial charge >= 0.3 is 0 Å². The predicted molar refractivity (Wildman–Crippen MR) is 88.9 cm³/mol. The molecular formula is C18H16FN3O. The number of rotatable bonds is 3. The molecule has 1 aromatic carbocycles. The maximum absolute atomic E-state index is 13.7. The maximum Gasteiger partial charge on any atom is 0.138 e. The normalized spacial score (nSPS) is 14.3. The van der Waals surface area contributed by atoms with Crippen LogP contribution in [0.3, 0.4) is 0 Å². The SMILES string of the molecule is COc1ccc(F)cc1-c1ccnc2[nH]c(C3=CCNC3)cc12. The van der Waals surface area contributed by atoms with E-state index in [-0.39, 0.29) is 5.82 Å². The Morgan fingerprint density at radius 3 is 2.87 bits per heavy atom. The average molecular weight is 309 g/mol. The van der Waals surface area contributed by atoms with Crippen LogP contribution in [0.2, 0.25) is 0 Å². The highest BCUT2D eigenvalue weighted by Gasteiger charge is 2.15. The van der Waals surface area contributed by atoms with E-state index in [0.29, 0.717) is 5.75 Å². The number of H-pyrrole nitrogens is 1. The molecule has 116 valence electrons. The summed E-state index contributed by atoms with van der Waals surface area (Å²) in [4.78, 5) is 7.75. The van der Waals surface area contributed by atoms with Crippen LogP contribution in [0.25, 0.3) is 27.7 Å². The Labute approximate surface area is 133 Å². The highest BCUT2D eigenvalue weighted by molar-refractivity contribution is 5.96. The first-order valence-electron chi connectivity index (χ1n) is 7.48. The zero-order valence-electron chi connectivity index (χ0n) is 12.7. The molecule has 0 amide bonds. The standard InChI is InChI=1S/C18H16FN3O/c1-23-17-3-2-12(19)8-14(17)13-5-7-21-18-15(13)9-16(22-18)11-4-6-20-10-11/h2-5,7-9,20H,6,10H2,1H3,(H,21,22). The van der Waals surface area contributed by atoms with Crippen molar-refractivity contribution in [2.45, 2.75) is 0 Å². The summed E-state index contributed by atoms with van der Waals surface area (Å²) in [6.45, 7) is 1.72. The molecule has 0 atom stereocenters. The molecule has 1 aliphatic heterocycles. The fraction of sp³-hybridized carbons (Fsp3) is 0.167. The zero-order valence-corrected chi connectivity index (χ0v) is 12.7. The quantitative estimate of drug-likeness (QED) is 0.780. The molecule has 0 fully saturated rings. The molecule has 0 aliphatic carbocycles. The van der Waals surface area contributed by atoms with E-state index < -0.39 is 0 Å². The van der Waals surface area contributed by atoms with Crippen LogP contribution in [0.15, 0.2) is 42.6 Å². The van der Waals surface area contributed by atoms with E-state index in [2.05, 4.69) is 27.4 Å². The van der Waals surface area contributed by atoms with Gasteiger partial charge in [0.1, 0.15) is 17.2 Å². The number of fused-ring (bicyclic) bond motifs is 1. The van der Waals surface area contributed by atoms with Gasteiger partial charge in [-0.2, -0.15) is 0 Å². The molecule has 3 heterocycles. The molecule has 4 rings (SSSR count). The monoisotopic (exact) mass is 309 g/mol. The minimum absolute atomic E-state index is 0.288. The molecule has 23 heavy (non-hydrogen) atoms. The molecule has 3 aromatic rings. The third-order valence-corrected chi connectivity index (χ3v) is 4.14. The van der Waals surface area contributed by atoms with Crippen molar-refractivity contribution in [3.05, 3.63) is 54.1 Å². The van der Waals surface area contributed by atoms with Gasteiger partial charge in [-0.3, -0.25) is 0 Å². The van der Waals surface area contributed by atoms with E-state index in [9.17, 15) is 4.39 Å². The lowest BCUT2D eigenvalue weighted by Gasteiger charge is -2.09. The van der Waals surface area contributed by atoms with Crippen molar-refractivity contribution in [1.29, 1.82) is 0 Å². The second-order valence-electron chi connectivity index (χ2n) is 5.51. The van der Waals surface area contributed by atoms with Crippen molar-refractivity contribution >= 4 is 16.6 Å². The Kier molecular flexibility index (Phi) is 3.35. The maximum atomic E-state index is 13.7. The molecule has 0 spiro atoms. The fourth-order valence-electron chi connectivity index (χ4n) is 3.01. The summed E-state index contributed by atoms with van der Waals surface area (Å²) in [6, 6.07) is 8.50. The third-order valence-electron chi connectivity index (χ3n) is 4.14.